The number of halogens is 1. The summed E-state index contributed by atoms with van der Waals surface area (Å²) < 4.78 is 11.8. The van der Waals surface area contributed by atoms with Crippen LogP contribution in [0.5, 0.6) is 0 Å². The second-order valence-electron chi connectivity index (χ2n) is 7.50. The first-order valence-corrected chi connectivity index (χ1v) is 12.6. The molecule has 0 unspecified atom stereocenters. The summed E-state index contributed by atoms with van der Waals surface area (Å²) in [5.41, 5.74) is 2.60. The summed E-state index contributed by atoms with van der Waals surface area (Å²) in [6.45, 7) is 2.10. The van der Waals surface area contributed by atoms with Gasteiger partial charge in [-0.2, -0.15) is 0 Å². The molecule has 0 spiro atoms. The van der Waals surface area contributed by atoms with Crippen LogP contribution in [-0.2, 0) is 9.47 Å². The Hall–Kier alpha value is -2.79. The van der Waals surface area contributed by atoms with Gasteiger partial charge in [0.05, 0.1) is 45.8 Å². The van der Waals surface area contributed by atoms with Gasteiger partial charge in [0, 0.05) is 6.04 Å². The fourth-order valence-corrected chi connectivity index (χ4v) is 5.45. The number of carbonyl (C=O) groups is 2. The molecule has 1 fully saturated rings. The number of carbonyl (C=O) groups excluding carboxylic acids is 2. The van der Waals surface area contributed by atoms with E-state index in [4.69, 9.17) is 16.3 Å². The molecule has 1 aliphatic rings. The summed E-state index contributed by atoms with van der Waals surface area (Å²) >= 11 is 8.75. The number of piperidine rings is 1. The number of fused-ring (bicyclic) bond motifs is 2. The lowest BCUT2D eigenvalue weighted by Crippen LogP contribution is -2.35. The van der Waals surface area contributed by atoms with E-state index in [2.05, 4.69) is 25.3 Å². The van der Waals surface area contributed by atoms with Gasteiger partial charge >= 0.3 is 11.9 Å². The van der Waals surface area contributed by atoms with Crippen LogP contribution < -0.4 is 10.6 Å². The zero-order valence-corrected chi connectivity index (χ0v) is 21.0. The van der Waals surface area contributed by atoms with Crippen molar-refractivity contribution in [3.63, 3.8) is 0 Å². The fraction of sp³-hybridized carbons (Fsp3) is 0.304. The van der Waals surface area contributed by atoms with Crippen molar-refractivity contribution in [2.45, 2.75) is 18.9 Å². The van der Waals surface area contributed by atoms with Gasteiger partial charge in [-0.1, -0.05) is 22.9 Å². The van der Waals surface area contributed by atoms with Crippen molar-refractivity contribution in [3.8, 4) is 0 Å². The van der Waals surface area contributed by atoms with Gasteiger partial charge in [-0.05, 0) is 62.3 Å². The number of anilines is 1. The van der Waals surface area contributed by atoms with E-state index in [1.807, 2.05) is 12.1 Å². The van der Waals surface area contributed by atoms with Gasteiger partial charge in [0.15, 0.2) is 9.60 Å². The number of hydrogen-bond donors (Lipinski definition) is 2. The molecule has 0 amide bonds. The van der Waals surface area contributed by atoms with Crippen LogP contribution in [0.2, 0.25) is 4.47 Å². The number of thiazole rings is 2. The first kappa shape index (κ1) is 24.3. The van der Waals surface area contributed by atoms with Gasteiger partial charge in [-0.15, -0.1) is 11.3 Å². The SMILES string of the molecule is COC(=O)c1ccc2sc(Cl)nc2c1.COC(=O)c1ccc2sc(NC3CCNCC3)nc2c1. The van der Waals surface area contributed by atoms with Crippen LogP contribution in [0.4, 0.5) is 5.13 Å². The molecule has 2 N–H and O–H groups in total. The molecule has 34 heavy (non-hydrogen) atoms. The van der Waals surface area contributed by atoms with Crippen LogP contribution in [0.1, 0.15) is 33.6 Å². The molecule has 1 saturated heterocycles. The third-order valence-electron chi connectivity index (χ3n) is 5.26. The molecule has 0 saturated carbocycles. The summed E-state index contributed by atoms with van der Waals surface area (Å²) in [4.78, 5) is 31.3. The van der Waals surface area contributed by atoms with Crippen molar-refractivity contribution in [3.05, 3.63) is 52.0 Å². The third kappa shape index (κ3) is 5.82. The number of aromatic nitrogens is 2. The van der Waals surface area contributed by atoms with Gasteiger partial charge in [-0.3, -0.25) is 0 Å². The van der Waals surface area contributed by atoms with Crippen LogP contribution >= 0.6 is 34.3 Å². The molecule has 2 aromatic carbocycles. The normalized spacial score (nSPS) is 13.9. The molecule has 3 heterocycles. The predicted octanol–water partition coefficient (Wildman–Crippen LogP) is 4.98. The minimum Gasteiger partial charge on any atom is -0.465 e. The van der Waals surface area contributed by atoms with Crippen LogP contribution in [0.15, 0.2) is 36.4 Å². The quantitative estimate of drug-likeness (QED) is 0.364. The summed E-state index contributed by atoms with van der Waals surface area (Å²) in [5.74, 6) is -0.691. The molecule has 178 valence electrons. The number of ether oxygens (including phenoxy) is 2. The average molecular weight is 519 g/mol. The van der Waals surface area contributed by atoms with E-state index in [9.17, 15) is 9.59 Å². The summed E-state index contributed by atoms with van der Waals surface area (Å²) in [6, 6.07) is 11.1. The molecule has 1 aliphatic heterocycles. The molecule has 2 aromatic heterocycles. The Morgan fingerprint density at radius 2 is 1.50 bits per heavy atom. The monoisotopic (exact) mass is 518 g/mol. The van der Waals surface area contributed by atoms with E-state index in [1.54, 1.807) is 35.6 Å². The fourth-order valence-electron chi connectivity index (χ4n) is 3.52. The summed E-state index contributed by atoms with van der Waals surface area (Å²) in [6.07, 6.45) is 2.23. The van der Waals surface area contributed by atoms with Gasteiger partial charge < -0.3 is 20.1 Å². The van der Waals surface area contributed by atoms with Gasteiger partial charge in [0.25, 0.3) is 0 Å². The second kappa shape index (κ2) is 11.1. The van der Waals surface area contributed by atoms with Gasteiger partial charge in [0.1, 0.15) is 0 Å². The maximum absolute atomic E-state index is 11.5. The van der Waals surface area contributed by atoms with E-state index in [0.717, 1.165) is 51.5 Å². The summed E-state index contributed by atoms with van der Waals surface area (Å²) in [5, 5.41) is 7.75. The number of nitrogens with zero attached hydrogens (tertiary/aromatic N) is 2. The Morgan fingerprint density at radius 1 is 0.941 bits per heavy atom. The highest BCUT2D eigenvalue weighted by Crippen LogP contribution is 2.28. The number of nitrogens with one attached hydrogen (secondary N) is 2. The molecule has 8 nitrogen and oxygen atoms in total. The Bertz CT molecular complexity index is 1320. The third-order valence-corrected chi connectivity index (χ3v) is 7.37. The Labute approximate surface area is 209 Å². The Balaban J connectivity index is 0.000000172. The van der Waals surface area contributed by atoms with Crippen molar-refractivity contribution in [1.82, 2.24) is 15.3 Å². The molecule has 5 rings (SSSR count). The highest BCUT2D eigenvalue weighted by Gasteiger charge is 2.15. The summed E-state index contributed by atoms with van der Waals surface area (Å²) in [7, 11) is 2.73. The van der Waals surface area contributed by atoms with Crippen LogP contribution in [0, 0.1) is 0 Å². The van der Waals surface area contributed by atoms with Crippen molar-refractivity contribution in [2.24, 2.45) is 0 Å². The highest BCUT2D eigenvalue weighted by atomic mass is 35.5. The molecular weight excluding hydrogens is 496 g/mol. The first-order chi connectivity index (χ1) is 16.5. The molecular formula is C23H23ClN4O4S2. The van der Waals surface area contributed by atoms with E-state index in [-0.39, 0.29) is 11.9 Å². The smallest absolute Gasteiger partial charge is 0.337 e. The zero-order valence-electron chi connectivity index (χ0n) is 18.6. The molecule has 4 aromatic rings. The van der Waals surface area contributed by atoms with E-state index < -0.39 is 0 Å². The van der Waals surface area contributed by atoms with Gasteiger partial charge in [0.2, 0.25) is 0 Å². The molecule has 11 heteroatoms. The molecule has 0 radical (unpaired) electrons. The second-order valence-corrected chi connectivity index (χ2v) is 10.1. The minimum absolute atomic E-state index is 0.326. The maximum Gasteiger partial charge on any atom is 0.337 e. The zero-order chi connectivity index (χ0) is 24.1. The van der Waals surface area contributed by atoms with E-state index in [1.165, 1.54) is 25.6 Å². The molecule has 0 aliphatic carbocycles. The Kier molecular flexibility index (Phi) is 7.94. The predicted molar refractivity (Wildman–Crippen MR) is 136 cm³/mol. The highest BCUT2D eigenvalue weighted by molar-refractivity contribution is 7.22. The van der Waals surface area contributed by atoms with Crippen LogP contribution in [0.3, 0.4) is 0 Å². The number of hydrogen-bond acceptors (Lipinski definition) is 10. The molecule has 0 atom stereocenters. The van der Waals surface area contributed by atoms with Crippen molar-refractivity contribution < 1.29 is 19.1 Å². The number of methoxy groups -OCH3 is 2. The first-order valence-electron chi connectivity index (χ1n) is 10.6. The molecule has 0 bridgehead atoms. The topological polar surface area (TPSA) is 102 Å². The van der Waals surface area contributed by atoms with Gasteiger partial charge in [-0.25, -0.2) is 19.6 Å². The van der Waals surface area contributed by atoms with Crippen molar-refractivity contribution in [2.75, 3.05) is 32.6 Å². The lowest BCUT2D eigenvalue weighted by molar-refractivity contribution is 0.0592. The van der Waals surface area contributed by atoms with Crippen molar-refractivity contribution >= 4 is 71.8 Å². The van der Waals surface area contributed by atoms with Crippen LogP contribution in [0.25, 0.3) is 20.4 Å². The number of benzene rings is 2. The minimum atomic E-state index is -0.365. The number of rotatable bonds is 4. The lowest BCUT2D eigenvalue weighted by Gasteiger charge is -2.23. The van der Waals surface area contributed by atoms with E-state index in [0.29, 0.717) is 21.6 Å². The van der Waals surface area contributed by atoms with Crippen molar-refractivity contribution in [1.29, 1.82) is 0 Å². The maximum atomic E-state index is 11.5. The average Bonchev–Trinajstić information content (AvgIpc) is 3.44. The Morgan fingerprint density at radius 3 is 2.09 bits per heavy atom. The van der Waals surface area contributed by atoms with E-state index >= 15 is 0 Å². The largest absolute Gasteiger partial charge is 0.465 e. The lowest BCUT2D eigenvalue weighted by atomic mass is 10.1. The van der Waals surface area contributed by atoms with Crippen LogP contribution in [-0.4, -0.2) is 55.3 Å². The standard InChI is InChI=1S/C14H17N3O2S.C9H6ClNO2S/c1-19-13(18)9-2-3-12-11(8-9)17-14(20-12)16-10-4-6-15-7-5-10;1-13-8(12)5-2-3-7-6(4-5)11-9(10)14-7/h2-3,8,10,15H,4-7H2,1H3,(H,16,17);2-4H,1H3. The number of esters is 2.